The topological polar surface area (TPSA) is 27.7 Å². The van der Waals surface area contributed by atoms with Crippen molar-refractivity contribution in [2.24, 2.45) is 0 Å². The summed E-state index contributed by atoms with van der Waals surface area (Å²) in [5, 5.41) is 0. The maximum absolute atomic E-state index is 5.95. The van der Waals surface area contributed by atoms with Crippen molar-refractivity contribution in [1.82, 2.24) is 0 Å². The highest BCUT2D eigenvalue weighted by Crippen LogP contribution is 2.37. The van der Waals surface area contributed by atoms with Crippen LogP contribution in [0.4, 0.5) is 0 Å². The average molecular weight is 318 g/mol. The fourth-order valence-electron chi connectivity index (χ4n) is 2.16. The van der Waals surface area contributed by atoms with Crippen LogP contribution in [0.1, 0.15) is 33.3 Å². The summed E-state index contributed by atoms with van der Waals surface area (Å²) in [5.41, 5.74) is 0.520. The molecule has 1 heterocycles. The molecule has 1 fully saturated rings. The number of rotatable bonds is 4. The average Bonchev–Trinajstić information content (AvgIpc) is 2.55. The van der Waals surface area contributed by atoms with Gasteiger partial charge in [-0.1, -0.05) is 24.2 Å². The SMILES string of the molecule is CC1(C)OB(/C=C/c2ccc(O[Si](C)(C)C)cc2)OC1(C)C. The fourth-order valence-corrected chi connectivity index (χ4v) is 3.00. The van der Waals surface area contributed by atoms with E-state index in [4.69, 9.17) is 13.7 Å². The largest absolute Gasteiger partial charge is 0.544 e. The van der Waals surface area contributed by atoms with Gasteiger partial charge in [-0.25, -0.2) is 0 Å². The van der Waals surface area contributed by atoms with Gasteiger partial charge in [0.05, 0.1) is 11.2 Å². The molecule has 2 rings (SSSR count). The quantitative estimate of drug-likeness (QED) is 0.763. The van der Waals surface area contributed by atoms with E-state index >= 15 is 0 Å². The Morgan fingerprint density at radius 1 is 0.955 bits per heavy atom. The lowest BCUT2D eigenvalue weighted by Crippen LogP contribution is -2.41. The van der Waals surface area contributed by atoms with Crippen molar-refractivity contribution in [3.63, 3.8) is 0 Å². The van der Waals surface area contributed by atoms with Crippen molar-refractivity contribution in [1.29, 1.82) is 0 Å². The van der Waals surface area contributed by atoms with Crippen LogP contribution in [-0.4, -0.2) is 26.6 Å². The van der Waals surface area contributed by atoms with Crippen LogP contribution >= 0.6 is 0 Å². The molecule has 0 bridgehead atoms. The molecule has 0 spiro atoms. The summed E-state index contributed by atoms with van der Waals surface area (Å²) in [6.07, 6.45) is 2.03. The predicted molar refractivity (Wildman–Crippen MR) is 95.5 cm³/mol. The van der Waals surface area contributed by atoms with Gasteiger partial charge in [-0.15, -0.1) is 0 Å². The molecule has 1 aromatic carbocycles. The van der Waals surface area contributed by atoms with Crippen LogP contribution in [0.15, 0.2) is 30.2 Å². The second kappa shape index (κ2) is 5.87. The number of benzene rings is 1. The zero-order chi connectivity index (χ0) is 16.6. The van der Waals surface area contributed by atoms with E-state index in [1.807, 2.05) is 24.2 Å². The lowest BCUT2D eigenvalue weighted by molar-refractivity contribution is 0.00578. The van der Waals surface area contributed by atoms with Gasteiger partial charge in [0, 0.05) is 0 Å². The third-order valence-corrected chi connectivity index (χ3v) is 4.87. The van der Waals surface area contributed by atoms with Gasteiger partial charge in [-0.3, -0.25) is 0 Å². The van der Waals surface area contributed by atoms with Crippen molar-refractivity contribution < 1.29 is 13.7 Å². The molecular weight excluding hydrogens is 291 g/mol. The first-order chi connectivity index (χ1) is 9.98. The van der Waals surface area contributed by atoms with Crippen molar-refractivity contribution in [3.8, 4) is 5.75 Å². The van der Waals surface area contributed by atoms with E-state index in [0.717, 1.165) is 11.3 Å². The van der Waals surface area contributed by atoms with E-state index in [9.17, 15) is 0 Å². The second-order valence-corrected chi connectivity index (χ2v) is 12.2. The van der Waals surface area contributed by atoms with Crippen LogP contribution < -0.4 is 4.43 Å². The predicted octanol–water partition coefficient (Wildman–Crippen LogP) is 4.54. The van der Waals surface area contributed by atoms with Gasteiger partial charge >= 0.3 is 7.12 Å². The van der Waals surface area contributed by atoms with Crippen molar-refractivity contribution in [2.45, 2.75) is 58.5 Å². The summed E-state index contributed by atoms with van der Waals surface area (Å²) >= 11 is 0. The van der Waals surface area contributed by atoms with Gasteiger partial charge in [-0.2, -0.15) is 0 Å². The van der Waals surface area contributed by atoms with E-state index in [1.165, 1.54) is 0 Å². The molecule has 5 heteroatoms. The van der Waals surface area contributed by atoms with Gasteiger partial charge in [0.2, 0.25) is 8.32 Å². The molecule has 22 heavy (non-hydrogen) atoms. The Bertz CT molecular complexity index is 528. The van der Waals surface area contributed by atoms with Crippen LogP contribution in [0.3, 0.4) is 0 Å². The third kappa shape index (κ3) is 4.25. The summed E-state index contributed by atoms with van der Waals surface area (Å²) in [6, 6.07) is 8.14. The van der Waals surface area contributed by atoms with Crippen LogP contribution in [0.2, 0.25) is 19.6 Å². The minimum absolute atomic E-state index is 0.295. The Kier molecular flexibility index (Phi) is 4.62. The molecule has 0 aromatic heterocycles. The van der Waals surface area contributed by atoms with Gasteiger partial charge in [0.25, 0.3) is 0 Å². The molecule has 1 saturated heterocycles. The maximum atomic E-state index is 5.95. The Balaban J connectivity index is 2.00. The molecule has 120 valence electrons. The molecule has 1 aliphatic rings. The van der Waals surface area contributed by atoms with Crippen LogP contribution in [0, 0.1) is 0 Å². The highest BCUT2D eigenvalue weighted by Gasteiger charge is 2.49. The highest BCUT2D eigenvalue weighted by atomic mass is 28.4. The highest BCUT2D eigenvalue weighted by molar-refractivity contribution is 6.70. The molecule has 0 radical (unpaired) electrons. The first-order valence-electron chi connectivity index (χ1n) is 7.81. The number of hydrogen-bond donors (Lipinski definition) is 0. The summed E-state index contributed by atoms with van der Waals surface area (Å²) < 4.78 is 17.8. The zero-order valence-corrected chi connectivity index (χ0v) is 15.8. The Morgan fingerprint density at radius 3 is 1.91 bits per heavy atom. The standard InChI is InChI=1S/C17H27BO3Si/c1-16(2)17(3,4)21-18(20-16)13-12-14-8-10-15(11-9-14)19-22(5,6)7/h8-13H,1-7H3/b13-12+. The zero-order valence-electron chi connectivity index (χ0n) is 14.8. The van der Waals surface area contributed by atoms with Crippen LogP contribution in [-0.2, 0) is 9.31 Å². The molecular formula is C17H27BO3Si. The third-order valence-electron chi connectivity index (χ3n) is 4.02. The fraction of sp³-hybridized carbons (Fsp3) is 0.529. The first kappa shape index (κ1) is 17.3. The maximum Gasteiger partial charge on any atom is 0.487 e. The molecule has 3 nitrogen and oxygen atoms in total. The van der Waals surface area contributed by atoms with Gasteiger partial charge in [-0.05, 0) is 65.0 Å². The monoisotopic (exact) mass is 318 g/mol. The van der Waals surface area contributed by atoms with E-state index in [2.05, 4.69) is 59.5 Å². The Labute approximate surface area is 135 Å². The van der Waals surface area contributed by atoms with Crippen molar-refractivity contribution in [3.05, 3.63) is 35.8 Å². The van der Waals surface area contributed by atoms with E-state index in [-0.39, 0.29) is 18.3 Å². The first-order valence-corrected chi connectivity index (χ1v) is 11.2. The number of hydrogen-bond acceptors (Lipinski definition) is 3. The molecule has 0 N–H and O–H groups in total. The lowest BCUT2D eigenvalue weighted by atomic mass is 9.89. The second-order valence-electron chi connectivity index (χ2n) is 7.77. The molecule has 0 amide bonds. The Hall–Kier alpha value is -1.04. The summed E-state index contributed by atoms with van der Waals surface area (Å²) in [7, 11) is -1.85. The minimum atomic E-state index is -1.55. The summed E-state index contributed by atoms with van der Waals surface area (Å²) in [6.45, 7) is 14.8. The smallest absolute Gasteiger partial charge is 0.487 e. The molecule has 0 aliphatic carbocycles. The Morgan fingerprint density at radius 2 is 1.45 bits per heavy atom. The molecule has 0 atom stereocenters. The summed E-state index contributed by atoms with van der Waals surface area (Å²) in [5.74, 6) is 2.90. The summed E-state index contributed by atoms with van der Waals surface area (Å²) in [4.78, 5) is 0. The van der Waals surface area contributed by atoms with E-state index < -0.39 is 8.32 Å². The molecule has 0 unspecified atom stereocenters. The van der Waals surface area contributed by atoms with Crippen LogP contribution in [0.5, 0.6) is 5.75 Å². The van der Waals surface area contributed by atoms with Crippen molar-refractivity contribution >= 4 is 21.5 Å². The van der Waals surface area contributed by atoms with Gasteiger partial charge < -0.3 is 13.7 Å². The van der Waals surface area contributed by atoms with Crippen LogP contribution in [0.25, 0.3) is 6.08 Å². The van der Waals surface area contributed by atoms with Gasteiger partial charge in [0.15, 0.2) is 0 Å². The van der Waals surface area contributed by atoms with Crippen molar-refractivity contribution in [2.75, 3.05) is 0 Å². The normalized spacial score (nSPS) is 20.6. The van der Waals surface area contributed by atoms with E-state index in [0.29, 0.717) is 0 Å². The minimum Gasteiger partial charge on any atom is -0.544 e. The van der Waals surface area contributed by atoms with Gasteiger partial charge in [0.1, 0.15) is 5.75 Å². The molecule has 1 aromatic rings. The molecule has 1 aliphatic heterocycles. The molecule has 0 saturated carbocycles. The lowest BCUT2D eigenvalue weighted by Gasteiger charge is -2.32. The van der Waals surface area contributed by atoms with E-state index in [1.54, 1.807) is 0 Å².